The van der Waals surface area contributed by atoms with Gasteiger partial charge in [0, 0.05) is 15.9 Å². The van der Waals surface area contributed by atoms with Gasteiger partial charge in [-0.15, -0.1) is 0 Å². The molecule has 0 aliphatic heterocycles. The molecule has 3 nitrogen and oxygen atoms in total. The molecule has 0 amide bonds. The first-order valence-corrected chi connectivity index (χ1v) is 7.64. The maximum atomic E-state index is 10.1. The Morgan fingerprint density at radius 1 is 1.14 bits per heavy atom. The average molecular weight is 372 g/mol. The first-order chi connectivity index (χ1) is 10.1. The molecule has 0 fully saturated rings. The fraction of sp³-hybridized carbons (Fsp3) is 0.250. The maximum absolute atomic E-state index is 10.1. The molecule has 21 heavy (non-hydrogen) atoms. The molecule has 2 rings (SSSR count). The van der Waals surface area contributed by atoms with Gasteiger partial charge in [0.15, 0.2) is 0 Å². The molecule has 0 spiro atoms. The average Bonchev–Trinajstić information content (AvgIpc) is 2.49. The van der Waals surface area contributed by atoms with Crippen molar-refractivity contribution in [3.63, 3.8) is 0 Å². The van der Waals surface area contributed by atoms with Crippen LogP contribution in [0.15, 0.2) is 46.9 Å². The zero-order chi connectivity index (χ0) is 15.2. The zero-order valence-electron chi connectivity index (χ0n) is 11.6. The second-order valence-electron chi connectivity index (χ2n) is 4.58. The van der Waals surface area contributed by atoms with Gasteiger partial charge in [-0.25, -0.2) is 0 Å². The van der Waals surface area contributed by atoms with Crippen LogP contribution < -0.4 is 9.47 Å². The number of rotatable bonds is 6. The second kappa shape index (κ2) is 7.69. The highest BCUT2D eigenvalue weighted by Gasteiger charge is 2.10. The SMILES string of the molecule is COc1ccc(Br)c(CC(O)COc2ccc(Cl)cc2)c1. The van der Waals surface area contributed by atoms with Gasteiger partial charge in [-0.05, 0) is 48.0 Å². The zero-order valence-corrected chi connectivity index (χ0v) is 13.9. The number of halogens is 2. The molecule has 1 unspecified atom stereocenters. The van der Waals surface area contributed by atoms with Gasteiger partial charge in [0.25, 0.3) is 0 Å². The Balaban J connectivity index is 1.92. The predicted octanol–water partition coefficient (Wildman–Crippen LogP) is 4.09. The van der Waals surface area contributed by atoms with Crippen LogP contribution in [0, 0.1) is 0 Å². The highest BCUT2D eigenvalue weighted by molar-refractivity contribution is 9.10. The summed E-state index contributed by atoms with van der Waals surface area (Å²) >= 11 is 9.28. The number of aliphatic hydroxyl groups excluding tert-OH is 1. The van der Waals surface area contributed by atoms with Crippen molar-refractivity contribution in [2.75, 3.05) is 13.7 Å². The van der Waals surface area contributed by atoms with Gasteiger partial charge in [-0.3, -0.25) is 0 Å². The summed E-state index contributed by atoms with van der Waals surface area (Å²) in [4.78, 5) is 0. The minimum atomic E-state index is -0.607. The summed E-state index contributed by atoms with van der Waals surface area (Å²) in [6.45, 7) is 0.214. The van der Waals surface area contributed by atoms with Crippen LogP contribution in [-0.2, 0) is 6.42 Å². The lowest BCUT2D eigenvalue weighted by Gasteiger charge is -2.14. The quantitative estimate of drug-likeness (QED) is 0.831. The standard InChI is InChI=1S/C16H16BrClO3/c1-20-15-6-7-16(17)11(9-15)8-13(19)10-21-14-4-2-12(18)3-5-14/h2-7,9,13,19H,8,10H2,1H3. The minimum absolute atomic E-state index is 0.214. The van der Waals surface area contributed by atoms with Crippen molar-refractivity contribution < 1.29 is 14.6 Å². The topological polar surface area (TPSA) is 38.7 Å². The first-order valence-electron chi connectivity index (χ1n) is 6.47. The maximum Gasteiger partial charge on any atom is 0.119 e. The molecule has 0 aliphatic rings. The van der Waals surface area contributed by atoms with Crippen molar-refractivity contribution >= 4 is 27.5 Å². The molecule has 1 atom stereocenters. The Morgan fingerprint density at radius 2 is 1.81 bits per heavy atom. The Morgan fingerprint density at radius 3 is 2.48 bits per heavy atom. The second-order valence-corrected chi connectivity index (χ2v) is 5.87. The van der Waals surface area contributed by atoms with E-state index in [1.165, 1.54) is 0 Å². The summed E-state index contributed by atoms with van der Waals surface area (Å²) in [5, 5.41) is 10.7. The van der Waals surface area contributed by atoms with Crippen molar-refractivity contribution in [2.45, 2.75) is 12.5 Å². The van der Waals surface area contributed by atoms with Crippen LogP contribution in [0.1, 0.15) is 5.56 Å². The highest BCUT2D eigenvalue weighted by atomic mass is 79.9. The number of ether oxygens (including phenoxy) is 2. The number of hydrogen-bond acceptors (Lipinski definition) is 3. The highest BCUT2D eigenvalue weighted by Crippen LogP contribution is 2.24. The molecule has 0 saturated carbocycles. The van der Waals surface area contributed by atoms with E-state index >= 15 is 0 Å². The third kappa shape index (κ3) is 4.92. The van der Waals surface area contributed by atoms with Gasteiger partial charge < -0.3 is 14.6 Å². The third-order valence-electron chi connectivity index (χ3n) is 2.96. The summed E-state index contributed by atoms with van der Waals surface area (Å²) in [7, 11) is 1.62. The molecule has 0 saturated heterocycles. The fourth-order valence-electron chi connectivity index (χ4n) is 1.87. The van der Waals surface area contributed by atoms with Crippen molar-refractivity contribution in [1.29, 1.82) is 0 Å². The van der Waals surface area contributed by atoms with E-state index in [1.54, 1.807) is 31.4 Å². The lowest BCUT2D eigenvalue weighted by molar-refractivity contribution is 0.107. The smallest absolute Gasteiger partial charge is 0.119 e. The Labute approximate surface area is 137 Å². The summed E-state index contributed by atoms with van der Waals surface area (Å²) < 4.78 is 11.7. The van der Waals surface area contributed by atoms with Crippen molar-refractivity contribution in [3.05, 3.63) is 57.5 Å². The fourth-order valence-corrected chi connectivity index (χ4v) is 2.41. The summed E-state index contributed by atoms with van der Waals surface area (Å²) in [5.74, 6) is 1.45. The summed E-state index contributed by atoms with van der Waals surface area (Å²) in [6, 6.07) is 12.7. The Kier molecular flexibility index (Phi) is 5.91. The van der Waals surface area contributed by atoms with E-state index in [2.05, 4.69) is 15.9 Å². The molecular weight excluding hydrogens is 356 g/mol. The van der Waals surface area contributed by atoms with Crippen LogP contribution in [0.5, 0.6) is 11.5 Å². The molecule has 2 aromatic carbocycles. The number of aliphatic hydroxyl groups is 1. The van der Waals surface area contributed by atoms with Gasteiger partial charge in [0.05, 0.1) is 13.2 Å². The van der Waals surface area contributed by atoms with Crippen LogP contribution in [0.4, 0.5) is 0 Å². The van der Waals surface area contributed by atoms with E-state index in [1.807, 2.05) is 18.2 Å². The molecule has 0 bridgehead atoms. The molecule has 0 radical (unpaired) electrons. The normalized spacial score (nSPS) is 12.0. The van der Waals surface area contributed by atoms with Gasteiger partial charge in [0.2, 0.25) is 0 Å². The molecular formula is C16H16BrClO3. The van der Waals surface area contributed by atoms with Crippen LogP contribution in [-0.4, -0.2) is 24.9 Å². The van der Waals surface area contributed by atoms with Crippen LogP contribution in [0.2, 0.25) is 5.02 Å². The number of methoxy groups -OCH3 is 1. The van der Waals surface area contributed by atoms with E-state index in [0.717, 1.165) is 15.8 Å². The van der Waals surface area contributed by atoms with E-state index in [9.17, 15) is 5.11 Å². The summed E-state index contributed by atoms with van der Waals surface area (Å²) in [6.07, 6.45) is -0.130. The largest absolute Gasteiger partial charge is 0.497 e. The van der Waals surface area contributed by atoms with E-state index in [0.29, 0.717) is 17.2 Å². The monoisotopic (exact) mass is 370 g/mol. The minimum Gasteiger partial charge on any atom is -0.497 e. The van der Waals surface area contributed by atoms with Crippen molar-refractivity contribution in [1.82, 2.24) is 0 Å². The number of benzene rings is 2. The lowest BCUT2D eigenvalue weighted by atomic mass is 10.1. The van der Waals surface area contributed by atoms with E-state index in [4.69, 9.17) is 21.1 Å². The van der Waals surface area contributed by atoms with Gasteiger partial charge in [0.1, 0.15) is 18.1 Å². The Hall–Kier alpha value is -1.23. The molecule has 0 aliphatic carbocycles. The lowest BCUT2D eigenvalue weighted by Crippen LogP contribution is -2.20. The van der Waals surface area contributed by atoms with Crippen LogP contribution >= 0.6 is 27.5 Å². The van der Waals surface area contributed by atoms with Crippen molar-refractivity contribution in [3.8, 4) is 11.5 Å². The van der Waals surface area contributed by atoms with Gasteiger partial charge in [-0.2, -0.15) is 0 Å². The van der Waals surface area contributed by atoms with Gasteiger partial charge >= 0.3 is 0 Å². The molecule has 0 aromatic heterocycles. The van der Waals surface area contributed by atoms with E-state index in [-0.39, 0.29) is 6.61 Å². The third-order valence-corrected chi connectivity index (χ3v) is 3.99. The molecule has 5 heteroatoms. The van der Waals surface area contributed by atoms with E-state index < -0.39 is 6.10 Å². The molecule has 112 valence electrons. The Bertz CT molecular complexity index is 587. The summed E-state index contributed by atoms with van der Waals surface area (Å²) in [5.41, 5.74) is 0.974. The van der Waals surface area contributed by atoms with Crippen molar-refractivity contribution in [2.24, 2.45) is 0 Å². The molecule has 2 aromatic rings. The molecule has 1 N–H and O–H groups in total. The molecule has 0 heterocycles. The first kappa shape index (κ1) is 16.1. The number of hydrogen-bond donors (Lipinski definition) is 1. The van der Waals surface area contributed by atoms with Crippen LogP contribution in [0.25, 0.3) is 0 Å². The van der Waals surface area contributed by atoms with Gasteiger partial charge in [-0.1, -0.05) is 27.5 Å². The predicted molar refractivity (Wildman–Crippen MR) is 87.4 cm³/mol. The van der Waals surface area contributed by atoms with Crippen LogP contribution in [0.3, 0.4) is 0 Å².